The molecule has 2 aromatic rings. The molecule has 1 aromatic carbocycles. The first-order valence-electron chi connectivity index (χ1n) is 6.76. The highest BCUT2D eigenvalue weighted by Crippen LogP contribution is 2.21. The molecule has 1 aromatic heterocycles. The van der Waals surface area contributed by atoms with Crippen molar-refractivity contribution in [3.8, 4) is 0 Å². The molecule has 2 rings (SSSR count). The Morgan fingerprint density at radius 2 is 2.14 bits per heavy atom. The van der Waals surface area contributed by atoms with Crippen LogP contribution in [0.2, 0.25) is 0 Å². The maximum atomic E-state index is 11.8. The topological polar surface area (TPSA) is 80.0 Å². The molecule has 0 radical (unpaired) electrons. The average Bonchev–Trinajstić information content (AvgIpc) is 2.46. The van der Waals surface area contributed by atoms with Crippen LogP contribution in [-0.2, 0) is 4.79 Å². The number of pyridine rings is 1. The molecule has 0 bridgehead atoms. The second-order valence-electron chi connectivity index (χ2n) is 4.70. The molecule has 5 nitrogen and oxygen atoms in total. The van der Waals surface area contributed by atoms with Gasteiger partial charge in [-0.25, -0.2) is 4.98 Å². The van der Waals surface area contributed by atoms with Crippen molar-refractivity contribution in [1.82, 2.24) is 10.3 Å². The largest absolute Gasteiger partial charge is 0.389 e. The molecule has 1 amide bonds. The number of carbonyl (C=O) groups excluding carboxylic acids is 1. The van der Waals surface area contributed by atoms with Crippen LogP contribution in [0.15, 0.2) is 30.3 Å². The summed E-state index contributed by atoms with van der Waals surface area (Å²) in [5, 5.41) is 6.79. The van der Waals surface area contributed by atoms with Crippen LogP contribution >= 0.6 is 12.2 Å². The number of rotatable bonds is 5. The number of aromatic nitrogens is 1. The van der Waals surface area contributed by atoms with Crippen molar-refractivity contribution in [2.45, 2.75) is 19.9 Å². The SMILES string of the molecule is CCNC(=O)C(C)Nc1nc2ccccc2cc1C(N)=S. The van der Waals surface area contributed by atoms with E-state index in [0.717, 1.165) is 10.9 Å². The second-order valence-corrected chi connectivity index (χ2v) is 5.14. The lowest BCUT2D eigenvalue weighted by atomic mass is 10.1. The maximum Gasteiger partial charge on any atom is 0.242 e. The number of nitrogens with two attached hydrogens (primary N) is 1. The zero-order chi connectivity index (χ0) is 15.4. The van der Waals surface area contributed by atoms with E-state index in [-0.39, 0.29) is 10.9 Å². The van der Waals surface area contributed by atoms with E-state index in [1.807, 2.05) is 37.3 Å². The Morgan fingerprint density at radius 3 is 2.81 bits per heavy atom. The summed E-state index contributed by atoms with van der Waals surface area (Å²) >= 11 is 5.08. The summed E-state index contributed by atoms with van der Waals surface area (Å²) in [4.78, 5) is 16.6. The minimum absolute atomic E-state index is 0.0960. The monoisotopic (exact) mass is 302 g/mol. The van der Waals surface area contributed by atoms with Crippen molar-refractivity contribution in [2.24, 2.45) is 5.73 Å². The molecule has 110 valence electrons. The van der Waals surface area contributed by atoms with Gasteiger partial charge in [0.05, 0.1) is 11.1 Å². The van der Waals surface area contributed by atoms with Crippen LogP contribution in [-0.4, -0.2) is 28.5 Å². The summed E-state index contributed by atoms with van der Waals surface area (Å²) in [6, 6.07) is 9.15. The van der Waals surface area contributed by atoms with Crippen LogP contribution in [0.5, 0.6) is 0 Å². The zero-order valence-electron chi connectivity index (χ0n) is 12.0. The number of likely N-dealkylation sites (N-methyl/N-ethyl adjacent to an activating group) is 1. The molecule has 0 saturated heterocycles. The molecule has 4 N–H and O–H groups in total. The predicted molar refractivity (Wildman–Crippen MR) is 89.4 cm³/mol. The maximum absolute atomic E-state index is 11.8. The molecule has 21 heavy (non-hydrogen) atoms. The van der Waals surface area contributed by atoms with Crippen molar-refractivity contribution >= 4 is 39.8 Å². The predicted octanol–water partition coefficient (Wildman–Crippen LogP) is 1.81. The lowest BCUT2D eigenvalue weighted by Crippen LogP contribution is -2.38. The summed E-state index contributed by atoms with van der Waals surface area (Å²) in [6.07, 6.45) is 0. The summed E-state index contributed by atoms with van der Waals surface area (Å²) in [5.41, 5.74) is 7.23. The molecule has 0 fully saturated rings. The van der Waals surface area contributed by atoms with Crippen LogP contribution in [0, 0.1) is 0 Å². The number of amides is 1. The van der Waals surface area contributed by atoms with E-state index in [9.17, 15) is 4.79 Å². The van der Waals surface area contributed by atoms with E-state index < -0.39 is 6.04 Å². The van der Waals surface area contributed by atoms with Gasteiger partial charge >= 0.3 is 0 Å². The van der Waals surface area contributed by atoms with Gasteiger partial charge in [-0.05, 0) is 26.0 Å². The highest BCUT2D eigenvalue weighted by Gasteiger charge is 2.16. The van der Waals surface area contributed by atoms with Crippen molar-refractivity contribution in [3.05, 3.63) is 35.9 Å². The van der Waals surface area contributed by atoms with Gasteiger partial charge in [0, 0.05) is 11.9 Å². The van der Waals surface area contributed by atoms with E-state index >= 15 is 0 Å². The molecule has 0 aliphatic heterocycles. The third-order valence-corrected chi connectivity index (χ3v) is 3.31. The quantitative estimate of drug-likeness (QED) is 0.734. The minimum atomic E-state index is -0.424. The first kappa shape index (κ1) is 15.2. The Bertz CT molecular complexity index is 686. The Morgan fingerprint density at radius 1 is 1.43 bits per heavy atom. The van der Waals surface area contributed by atoms with Gasteiger partial charge in [-0.3, -0.25) is 4.79 Å². The molecule has 1 atom stereocenters. The van der Waals surface area contributed by atoms with Crippen molar-refractivity contribution < 1.29 is 4.79 Å². The van der Waals surface area contributed by atoms with Gasteiger partial charge < -0.3 is 16.4 Å². The molecule has 6 heteroatoms. The van der Waals surface area contributed by atoms with E-state index in [0.29, 0.717) is 17.9 Å². The number of nitrogens with zero attached hydrogens (tertiary/aromatic N) is 1. The normalized spacial score (nSPS) is 11.9. The van der Waals surface area contributed by atoms with E-state index in [2.05, 4.69) is 15.6 Å². The van der Waals surface area contributed by atoms with Gasteiger partial charge in [0.25, 0.3) is 0 Å². The highest BCUT2D eigenvalue weighted by molar-refractivity contribution is 7.80. The number of hydrogen-bond donors (Lipinski definition) is 3. The first-order chi connectivity index (χ1) is 10.0. The van der Waals surface area contributed by atoms with Crippen LogP contribution in [0.25, 0.3) is 10.9 Å². The molecule has 0 aliphatic rings. The van der Waals surface area contributed by atoms with Crippen molar-refractivity contribution in [1.29, 1.82) is 0 Å². The van der Waals surface area contributed by atoms with Gasteiger partial charge in [0.15, 0.2) is 0 Å². The number of thiocarbonyl (C=S) groups is 1. The molecular weight excluding hydrogens is 284 g/mol. The van der Waals surface area contributed by atoms with Gasteiger partial charge in [-0.2, -0.15) is 0 Å². The van der Waals surface area contributed by atoms with Crippen LogP contribution < -0.4 is 16.4 Å². The van der Waals surface area contributed by atoms with E-state index in [1.165, 1.54) is 0 Å². The lowest BCUT2D eigenvalue weighted by molar-refractivity contribution is -0.121. The number of benzene rings is 1. The number of hydrogen-bond acceptors (Lipinski definition) is 4. The first-order valence-corrected chi connectivity index (χ1v) is 7.17. The van der Waals surface area contributed by atoms with Crippen LogP contribution in [0.3, 0.4) is 0 Å². The van der Waals surface area contributed by atoms with Crippen molar-refractivity contribution in [3.63, 3.8) is 0 Å². The average molecular weight is 302 g/mol. The number of para-hydroxylation sites is 1. The summed E-state index contributed by atoms with van der Waals surface area (Å²) in [6.45, 7) is 4.22. The summed E-state index contributed by atoms with van der Waals surface area (Å²) < 4.78 is 0. The fraction of sp³-hybridized carbons (Fsp3) is 0.267. The van der Waals surface area contributed by atoms with Gasteiger partial charge in [0.2, 0.25) is 5.91 Å². The number of nitrogens with one attached hydrogen (secondary N) is 2. The Kier molecular flexibility index (Phi) is 4.70. The lowest BCUT2D eigenvalue weighted by Gasteiger charge is -2.17. The minimum Gasteiger partial charge on any atom is -0.389 e. The van der Waals surface area contributed by atoms with E-state index in [4.69, 9.17) is 18.0 Å². The van der Waals surface area contributed by atoms with Crippen molar-refractivity contribution in [2.75, 3.05) is 11.9 Å². The molecule has 0 aliphatic carbocycles. The Balaban J connectivity index is 2.39. The fourth-order valence-corrected chi connectivity index (χ4v) is 2.17. The Hall–Kier alpha value is -2.21. The summed E-state index contributed by atoms with van der Waals surface area (Å²) in [7, 11) is 0. The number of fused-ring (bicyclic) bond motifs is 1. The highest BCUT2D eigenvalue weighted by atomic mass is 32.1. The standard InChI is InChI=1S/C15H18N4OS/c1-3-17-15(20)9(2)18-14-11(13(16)21)8-10-6-4-5-7-12(10)19-14/h4-9H,3H2,1-2H3,(H2,16,21)(H,17,20)(H,18,19). The third kappa shape index (κ3) is 3.46. The number of anilines is 1. The Labute approximate surface area is 128 Å². The van der Waals surface area contributed by atoms with Gasteiger partial charge in [0.1, 0.15) is 16.8 Å². The summed E-state index contributed by atoms with van der Waals surface area (Å²) in [5.74, 6) is 0.432. The van der Waals surface area contributed by atoms with Crippen LogP contribution in [0.1, 0.15) is 19.4 Å². The number of carbonyl (C=O) groups is 1. The van der Waals surface area contributed by atoms with E-state index in [1.54, 1.807) is 6.92 Å². The fourth-order valence-electron chi connectivity index (χ4n) is 2.01. The second kappa shape index (κ2) is 6.49. The molecule has 0 saturated carbocycles. The van der Waals surface area contributed by atoms with Gasteiger partial charge in [-0.15, -0.1) is 0 Å². The molecule has 1 heterocycles. The third-order valence-electron chi connectivity index (χ3n) is 3.09. The molecule has 0 spiro atoms. The smallest absolute Gasteiger partial charge is 0.242 e. The van der Waals surface area contributed by atoms with Gasteiger partial charge in [-0.1, -0.05) is 30.4 Å². The molecule has 1 unspecified atom stereocenters. The van der Waals surface area contributed by atoms with Crippen LogP contribution in [0.4, 0.5) is 5.82 Å². The zero-order valence-corrected chi connectivity index (χ0v) is 12.8. The molecular formula is C15H18N4OS.